The molecule has 0 radical (unpaired) electrons. The van der Waals surface area contributed by atoms with Crippen LogP contribution in [0.15, 0.2) is 42.5 Å². The number of hydrogen-bond donors (Lipinski definition) is 2. The van der Waals surface area contributed by atoms with Gasteiger partial charge in [0.15, 0.2) is 0 Å². The average molecular weight is 429 g/mol. The van der Waals surface area contributed by atoms with Crippen LogP contribution in [0.2, 0.25) is 5.02 Å². The number of amides is 2. The van der Waals surface area contributed by atoms with Gasteiger partial charge in [-0.25, -0.2) is 0 Å². The Morgan fingerprint density at radius 3 is 2.77 bits per heavy atom. The van der Waals surface area contributed by atoms with Gasteiger partial charge in [0.25, 0.3) is 0 Å². The van der Waals surface area contributed by atoms with Gasteiger partial charge in [0.1, 0.15) is 0 Å². The van der Waals surface area contributed by atoms with Crippen LogP contribution in [0.1, 0.15) is 13.3 Å². The van der Waals surface area contributed by atoms with E-state index in [1.54, 1.807) is 4.90 Å². The molecule has 2 N–H and O–H groups in total. The Kier molecular flexibility index (Phi) is 6.11. The second kappa shape index (κ2) is 8.93. The maximum atomic E-state index is 13.2. The zero-order valence-electron chi connectivity index (χ0n) is 16.9. The lowest BCUT2D eigenvalue weighted by molar-refractivity contribution is -0.118. The third-order valence-corrected chi connectivity index (χ3v) is 5.60. The number of benzene rings is 2. The Hall–Kier alpha value is -2.77. The molecule has 30 heavy (non-hydrogen) atoms. The largest absolute Gasteiger partial charge is 0.378 e. The van der Waals surface area contributed by atoms with Crippen LogP contribution in [0.3, 0.4) is 0 Å². The molecule has 8 heteroatoms. The minimum atomic E-state index is -0.249. The van der Waals surface area contributed by atoms with Crippen molar-refractivity contribution in [1.29, 1.82) is 0 Å². The summed E-state index contributed by atoms with van der Waals surface area (Å²) in [6, 6.07) is 12.8. The lowest BCUT2D eigenvalue weighted by atomic mass is 10.1. The molecule has 2 aliphatic heterocycles. The molecule has 2 aromatic rings. The topological polar surface area (TPSA) is 73.9 Å². The Morgan fingerprint density at radius 1 is 1.20 bits per heavy atom. The van der Waals surface area contributed by atoms with Gasteiger partial charge >= 0.3 is 0 Å². The normalized spacial score (nSPS) is 19.0. The number of ether oxygens (including phenoxy) is 1. The van der Waals surface area contributed by atoms with E-state index in [0.29, 0.717) is 29.6 Å². The molecule has 0 aliphatic carbocycles. The van der Waals surface area contributed by atoms with Crippen LogP contribution in [-0.2, 0) is 14.3 Å². The highest BCUT2D eigenvalue weighted by Crippen LogP contribution is 2.32. The summed E-state index contributed by atoms with van der Waals surface area (Å²) in [5, 5.41) is 6.75. The molecule has 1 fully saturated rings. The van der Waals surface area contributed by atoms with Gasteiger partial charge in [0.05, 0.1) is 42.5 Å². The number of nitrogens with one attached hydrogen (secondary N) is 2. The molecule has 0 bridgehead atoms. The second-order valence-electron chi connectivity index (χ2n) is 7.50. The molecule has 1 unspecified atom stereocenters. The fourth-order valence-corrected chi connectivity index (χ4v) is 4.13. The molecule has 0 aromatic heterocycles. The van der Waals surface area contributed by atoms with Crippen molar-refractivity contribution in [2.24, 2.45) is 0 Å². The highest BCUT2D eigenvalue weighted by molar-refractivity contribution is 6.31. The van der Waals surface area contributed by atoms with Crippen LogP contribution in [0.5, 0.6) is 0 Å². The molecule has 0 spiro atoms. The number of carbonyl (C=O) groups excluding carboxylic acids is 2. The fraction of sp³-hybridized carbons (Fsp3) is 0.364. The first-order valence-corrected chi connectivity index (χ1v) is 10.5. The van der Waals surface area contributed by atoms with Crippen molar-refractivity contribution in [3.63, 3.8) is 0 Å². The zero-order valence-corrected chi connectivity index (χ0v) is 17.6. The van der Waals surface area contributed by atoms with Crippen molar-refractivity contribution in [2.75, 3.05) is 53.3 Å². The number of morpholine rings is 1. The summed E-state index contributed by atoms with van der Waals surface area (Å²) in [6.07, 6.45) is 0.247. The summed E-state index contributed by atoms with van der Waals surface area (Å²) in [6.45, 7) is 4.89. The van der Waals surface area contributed by atoms with Crippen LogP contribution >= 0.6 is 11.6 Å². The number of nitrogens with zero attached hydrogens (tertiary/aromatic N) is 2. The van der Waals surface area contributed by atoms with Crippen LogP contribution < -0.4 is 20.4 Å². The van der Waals surface area contributed by atoms with E-state index in [1.807, 2.05) is 49.4 Å². The third-order valence-electron chi connectivity index (χ3n) is 5.37. The summed E-state index contributed by atoms with van der Waals surface area (Å²) < 4.78 is 5.45. The van der Waals surface area contributed by atoms with Crippen LogP contribution in [0.4, 0.5) is 22.7 Å². The Balaban J connectivity index is 1.55. The molecular weight excluding hydrogens is 404 g/mol. The molecule has 2 aliphatic rings. The third kappa shape index (κ3) is 4.37. The van der Waals surface area contributed by atoms with Gasteiger partial charge in [0.2, 0.25) is 11.8 Å². The average Bonchev–Trinajstić information content (AvgIpc) is 2.87. The first kappa shape index (κ1) is 20.5. The number of para-hydroxylation sites is 2. The molecule has 0 saturated carbocycles. The molecular formula is C22H25ClN4O3. The predicted octanol–water partition coefficient (Wildman–Crippen LogP) is 3.35. The lowest BCUT2D eigenvalue weighted by Gasteiger charge is -2.31. The molecule has 7 nitrogen and oxygen atoms in total. The number of fused-ring (bicyclic) bond motifs is 1. The van der Waals surface area contributed by atoms with E-state index in [2.05, 4.69) is 15.5 Å². The van der Waals surface area contributed by atoms with E-state index < -0.39 is 0 Å². The van der Waals surface area contributed by atoms with Gasteiger partial charge < -0.3 is 25.2 Å². The van der Waals surface area contributed by atoms with Gasteiger partial charge in [-0.05, 0) is 37.3 Å². The Bertz CT molecular complexity index is 946. The number of anilines is 4. The Morgan fingerprint density at radius 2 is 1.97 bits per heavy atom. The van der Waals surface area contributed by atoms with E-state index in [1.165, 1.54) is 0 Å². The fourth-order valence-electron chi connectivity index (χ4n) is 3.95. The van der Waals surface area contributed by atoms with Gasteiger partial charge in [-0.3, -0.25) is 9.59 Å². The molecule has 2 heterocycles. The first-order chi connectivity index (χ1) is 14.5. The maximum Gasteiger partial charge on any atom is 0.246 e. The zero-order chi connectivity index (χ0) is 21.1. The smallest absolute Gasteiger partial charge is 0.246 e. The molecule has 1 saturated heterocycles. The molecule has 2 amide bonds. The van der Waals surface area contributed by atoms with Gasteiger partial charge in [-0.15, -0.1) is 0 Å². The maximum absolute atomic E-state index is 13.2. The van der Waals surface area contributed by atoms with E-state index in [-0.39, 0.29) is 30.8 Å². The number of halogens is 1. The van der Waals surface area contributed by atoms with Crippen LogP contribution in [-0.4, -0.2) is 50.7 Å². The van der Waals surface area contributed by atoms with E-state index >= 15 is 0 Å². The summed E-state index contributed by atoms with van der Waals surface area (Å²) in [7, 11) is 0. The van der Waals surface area contributed by atoms with Crippen LogP contribution in [0.25, 0.3) is 0 Å². The minimum Gasteiger partial charge on any atom is -0.378 e. The standard InChI is InChI=1S/C22H25ClN4O3/c1-15-12-21(28)25-17-4-2-3-5-20(17)27(15)22(29)14-24-18-13-16(23)6-7-19(18)26-8-10-30-11-9-26/h2-7,13,15,24H,8-12,14H2,1H3,(H,25,28). The number of rotatable bonds is 4. The van der Waals surface area contributed by atoms with Crippen molar-refractivity contribution in [1.82, 2.24) is 0 Å². The SMILES string of the molecule is CC1CC(=O)Nc2ccccc2N1C(=O)CNc1cc(Cl)ccc1N1CCOCC1. The van der Waals surface area contributed by atoms with Gasteiger partial charge in [0, 0.05) is 30.6 Å². The molecule has 2 aromatic carbocycles. The number of hydrogen-bond acceptors (Lipinski definition) is 5. The predicted molar refractivity (Wildman–Crippen MR) is 120 cm³/mol. The van der Waals surface area contributed by atoms with E-state index in [9.17, 15) is 9.59 Å². The molecule has 1 atom stereocenters. The Labute approximate surface area is 180 Å². The van der Waals surface area contributed by atoms with Crippen molar-refractivity contribution >= 4 is 46.2 Å². The van der Waals surface area contributed by atoms with Crippen molar-refractivity contribution < 1.29 is 14.3 Å². The van der Waals surface area contributed by atoms with Gasteiger partial charge in [-0.2, -0.15) is 0 Å². The van der Waals surface area contributed by atoms with Crippen molar-refractivity contribution in [3.05, 3.63) is 47.5 Å². The quantitative estimate of drug-likeness (QED) is 0.781. The molecule has 4 rings (SSSR count). The summed E-state index contributed by atoms with van der Waals surface area (Å²) >= 11 is 6.22. The monoisotopic (exact) mass is 428 g/mol. The van der Waals surface area contributed by atoms with Crippen LogP contribution in [0, 0.1) is 0 Å². The van der Waals surface area contributed by atoms with Gasteiger partial charge in [-0.1, -0.05) is 23.7 Å². The van der Waals surface area contributed by atoms with Crippen molar-refractivity contribution in [3.8, 4) is 0 Å². The number of carbonyl (C=O) groups is 2. The van der Waals surface area contributed by atoms with E-state index in [0.717, 1.165) is 24.5 Å². The minimum absolute atomic E-state index is 0.0878. The lowest BCUT2D eigenvalue weighted by Crippen LogP contribution is -2.42. The summed E-state index contributed by atoms with van der Waals surface area (Å²) in [5.74, 6) is -0.206. The highest BCUT2D eigenvalue weighted by Gasteiger charge is 2.29. The highest BCUT2D eigenvalue weighted by atomic mass is 35.5. The summed E-state index contributed by atoms with van der Waals surface area (Å²) in [4.78, 5) is 29.3. The second-order valence-corrected chi connectivity index (χ2v) is 7.93. The first-order valence-electron chi connectivity index (χ1n) is 10.1. The molecule has 158 valence electrons. The van der Waals surface area contributed by atoms with E-state index in [4.69, 9.17) is 16.3 Å². The summed E-state index contributed by atoms with van der Waals surface area (Å²) in [5.41, 5.74) is 3.17. The van der Waals surface area contributed by atoms with Crippen molar-refractivity contribution in [2.45, 2.75) is 19.4 Å².